The van der Waals surface area contributed by atoms with Gasteiger partial charge in [0.15, 0.2) is 17.5 Å². The highest BCUT2D eigenvalue weighted by atomic mass is 32.1. The van der Waals surface area contributed by atoms with E-state index in [0.717, 1.165) is 16.7 Å². The van der Waals surface area contributed by atoms with Crippen molar-refractivity contribution in [1.82, 2.24) is 15.0 Å². The molecular weight excluding hydrogens is 567 g/mol. The van der Waals surface area contributed by atoms with Gasteiger partial charge >= 0.3 is 0 Å². The van der Waals surface area contributed by atoms with Crippen molar-refractivity contribution in [3.63, 3.8) is 0 Å². The Bertz CT molecular complexity index is 2550. The molecule has 0 saturated heterocycles. The molecular formula is C41H25N3S. The van der Waals surface area contributed by atoms with Crippen LogP contribution in [0.4, 0.5) is 0 Å². The monoisotopic (exact) mass is 591 g/mol. The summed E-state index contributed by atoms with van der Waals surface area (Å²) in [6, 6.07) is 53.4. The first-order valence-corrected chi connectivity index (χ1v) is 15.8. The number of thiophene rings is 1. The molecule has 4 heteroatoms. The van der Waals surface area contributed by atoms with Crippen molar-refractivity contribution >= 4 is 53.1 Å². The molecule has 0 saturated carbocycles. The number of benzene rings is 7. The summed E-state index contributed by atoms with van der Waals surface area (Å²) in [6.07, 6.45) is 0. The van der Waals surface area contributed by atoms with Gasteiger partial charge in [0.1, 0.15) is 0 Å². The van der Waals surface area contributed by atoms with Gasteiger partial charge in [0.2, 0.25) is 0 Å². The highest BCUT2D eigenvalue weighted by Gasteiger charge is 2.17. The topological polar surface area (TPSA) is 38.7 Å². The average molecular weight is 592 g/mol. The summed E-state index contributed by atoms with van der Waals surface area (Å²) in [5, 5.41) is 7.22. The highest BCUT2D eigenvalue weighted by molar-refractivity contribution is 7.25. The number of aromatic nitrogens is 3. The zero-order chi connectivity index (χ0) is 29.7. The second-order valence-corrected chi connectivity index (χ2v) is 12.3. The molecule has 0 aliphatic carbocycles. The summed E-state index contributed by atoms with van der Waals surface area (Å²) in [5.74, 6) is 2.00. The van der Waals surface area contributed by atoms with Gasteiger partial charge in [-0.3, -0.25) is 0 Å². The summed E-state index contributed by atoms with van der Waals surface area (Å²) in [6.45, 7) is 0. The predicted octanol–water partition coefficient (Wildman–Crippen LogP) is 11.2. The molecule has 0 fully saturated rings. The molecule has 0 atom stereocenters. The van der Waals surface area contributed by atoms with Crippen LogP contribution in [0, 0.1) is 0 Å². The van der Waals surface area contributed by atoms with Crippen LogP contribution in [0.3, 0.4) is 0 Å². The van der Waals surface area contributed by atoms with Gasteiger partial charge in [-0.15, -0.1) is 11.3 Å². The Kier molecular flexibility index (Phi) is 6.00. The van der Waals surface area contributed by atoms with Crippen LogP contribution in [0.25, 0.3) is 87.0 Å². The maximum absolute atomic E-state index is 5.17. The Labute approximate surface area is 264 Å². The van der Waals surface area contributed by atoms with Crippen LogP contribution < -0.4 is 0 Å². The minimum Gasteiger partial charge on any atom is -0.208 e. The fourth-order valence-corrected chi connectivity index (χ4v) is 7.46. The third kappa shape index (κ3) is 4.46. The smallest absolute Gasteiger partial charge is 0.164 e. The molecule has 0 spiro atoms. The zero-order valence-corrected chi connectivity index (χ0v) is 25.0. The highest BCUT2D eigenvalue weighted by Crippen LogP contribution is 2.40. The Hall–Kier alpha value is -5.71. The van der Waals surface area contributed by atoms with E-state index in [0.29, 0.717) is 17.5 Å². The van der Waals surface area contributed by atoms with Crippen LogP contribution in [-0.2, 0) is 0 Å². The predicted molar refractivity (Wildman–Crippen MR) is 189 cm³/mol. The van der Waals surface area contributed by atoms with E-state index in [-0.39, 0.29) is 0 Å². The van der Waals surface area contributed by atoms with E-state index in [1.165, 1.54) is 52.8 Å². The van der Waals surface area contributed by atoms with Crippen molar-refractivity contribution in [2.45, 2.75) is 0 Å². The maximum Gasteiger partial charge on any atom is 0.164 e. The molecule has 2 aromatic heterocycles. The largest absolute Gasteiger partial charge is 0.208 e. The van der Waals surface area contributed by atoms with Gasteiger partial charge in [-0.2, -0.15) is 0 Å². The minimum atomic E-state index is 0.658. The van der Waals surface area contributed by atoms with Crippen LogP contribution in [0.2, 0.25) is 0 Å². The Balaban J connectivity index is 1.27. The van der Waals surface area contributed by atoms with E-state index in [4.69, 9.17) is 15.0 Å². The SMILES string of the molecule is c1ccc(-c2nc(-c3ccc4cccc(-c5ccc6ccccc6c5)c4c3)nc(-c3cccc4sc5ccccc5c34)n2)cc1. The van der Waals surface area contributed by atoms with Crippen molar-refractivity contribution in [1.29, 1.82) is 0 Å². The van der Waals surface area contributed by atoms with E-state index in [1.807, 2.05) is 18.2 Å². The van der Waals surface area contributed by atoms with Gasteiger partial charge in [0, 0.05) is 36.9 Å². The lowest BCUT2D eigenvalue weighted by molar-refractivity contribution is 1.08. The minimum absolute atomic E-state index is 0.658. The summed E-state index contributed by atoms with van der Waals surface area (Å²) >= 11 is 1.80. The first-order chi connectivity index (χ1) is 22.3. The normalized spacial score (nSPS) is 11.6. The van der Waals surface area contributed by atoms with E-state index in [1.54, 1.807) is 11.3 Å². The second kappa shape index (κ2) is 10.5. The molecule has 0 bridgehead atoms. The number of hydrogen-bond donors (Lipinski definition) is 0. The number of nitrogens with zero attached hydrogens (tertiary/aromatic N) is 3. The maximum atomic E-state index is 5.17. The first kappa shape index (κ1) is 25.8. The summed E-state index contributed by atoms with van der Waals surface area (Å²) in [7, 11) is 0. The molecule has 0 aliphatic rings. The summed E-state index contributed by atoms with van der Waals surface area (Å²) in [4.78, 5) is 15.3. The second-order valence-electron chi connectivity index (χ2n) is 11.3. The number of hydrogen-bond acceptors (Lipinski definition) is 4. The quantitative estimate of drug-likeness (QED) is 0.204. The molecule has 7 aromatic carbocycles. The third-order valence-corrected chi connectivity index (χ3v) is 9.65. The van der Waals surface area contributed by atoms with Gasteiger partial charge in [-0.25, -0.2) is 15.0 Å². The van der Waals surface area contributed by atoms with E-state index < -0.39 is 0 Å². The lowest BCUT2D eigenvalue weighted by Gasteiger charge is -2.12. The average Bonchev–Trinajstić information content (AvgIpc) is 3.50. The van der Waals surface area contributed by atoms with Crippen molar-refractivity contribution in [2.24, 2.45) is 0 Å². The van der Waals surface area contributed by atoms with Crippen LogP contribution in [0.1, 0.15) is 0 Å². The lowest BCUT2D eigenvalue weighted by atomic mass is 9.95. The van der Waals surface area contributed by atoms with Crippen molar-refractivity contribution in [3.8, 4) is 45.3 Å². The fourth-order valence-electron chi connectivity index (χ4n) is 6.32. The number of rotatable bonds is 4. The standard InChI is InChI=1S/C41H25N3S/c1-2-11-28(12-3-1)39-42-40(44-41(43-39)34-17-9-19-37-38(34)33-15-6-7-18-36(33)45-37)31-23-21-27-14-8-16-32(35(27)25-31)30-22-20-26-10-4-5-13-29(26)24-30/h1-25H. The van der Waals surface area contributed by atoms with Crippen LogP contribution >= 0.6 is 11.3 Å². The molecule has 3 nitrogen and oxygen atoms in total. The molecule has 9 aromatic rings. The molecule has 0 radical (unpaired) electrons. The molecule has 45 heavy (non-hydrogen) atoms. The molecule has 2 heterocycles. The van der Waals surface area contributed by atoms with Crippen LogP contribution in [-0.4, -0.2) is 15.0 Å². The molecule has 0 aliphatic heterocycles. The van der Waals surface area contributed by atoms with Crippen LogP contribution in [0.15, 0.2) is 152 Å². The Morgan fingerprint density at radius 2 is 1.00 bits per heavy atom. The van der Waals surface area contributed by atoms with Crippen LogP contribution in [0.5, 0.6) is 0 Å². The summed E-state index contributed by atoms with van der Waals surface area (Å²) < 4.78 is 2.48. The van der Waals surface area contributed by atoms with Gasteiger partial charge in [-0.1, -0.05) is 127 Å². The Morgan fingerprint density at radius 3 is 1.91 bits per heavy atom. The van der Waals surface area contributed by atoms with Gasteiger partial charge in [0.05, 0.1) is 0 Å². The van der Waals surface area contributed by atoms with E-state index >= 15 is 0 Å². The fraction of sp³-hybridized carbons (Fsp3) is 0. The van der Waals surface area contributed by atoms with Gasteiger partial charge in [-0.05, 0) is 56.9 Å². The molecule has 0 unspecified atom stereocenters. The lowest BCUT2D eigenvalue weighted by Crippen LogP contribution is -2.00. The first-order valence-electron chi connectivity index (χ1n) is 15.0. The molecule has 210 valence electrons. The summed E-state index contributed by atoms with van der Waals surface area (Å²) in [5.41, 5.74) is 5.31. The van der Waals surface area contributed by atoms with E-state index in [2.05, 4.69) is 133 Å². The zero-order valence-electron chi connectivity index (χ0n) is 24.2. The van der Waals surface area contributed by atoms with Gasteiger partial charge < -0.3 is 0 Å². The van der Waals surface area contributed by atoms with Crippen molar-refractivity contribution in [3.05, 3.63) is 152 Å². The van der Waals surface area contributed by atoms with Crippen molar-refractivity contribution < 1.29 is 0 Å². The van der Waals surface area contributed by atoms with Gasteiger partial charge in [0.25, 0.3) is 0 Å². The number of fused-ring (bicyclic) bond motifs is 5. The van der Waals surface area contributed by atoms with E-state index in [9.17, 15) is 0 Å². The Morgan fingerprint density at radius 1 is 0.356 bits per heavy atom. The molecule has 9 rings (SSSR count). The third-order valence-electron chi connectivity index (χ3n) is 8.51. The molecule has 0 amide bonds. The molecule has 0 N–H and O–H groups in total. The van der Waals surface area contributed by atoms with Crippen molar-refractivity contribution in [2.75, 3.05) is 0 Å².